The molecule has 30 heavy (non-hydrogen) atoms. The van der Waals surface area contributed by atoms with E-state index in [-0.39, 0.29) is 12.5 Å². The highest BCUT2D eigenvalue weighted by molar-refractivity contribution is 7.14. The minimum absolute atomic E-state index is 0.162. The summed E-state index contributed by atoms with van der Waals surface area (Å²) in [4.78, 5) is 19.6. The van der Waals surface area contributed by atoms with Crippen molar-refractivity contribution < 1.29 is 18.7 Å². The van der Waals surface area contributed by atoms with Gasteiger partial charge in [0.15, 0.2) is 5.13 Å². The summed E-state index contributed by atoms with van der Waals surface area (Å²) in [5.74, 6) is 1.99. The molecule has 1 amide bonds. The normalized spacial score (nSPS) is 10.6. The minimum Gasteiger partial charge on any atom is -0.497 e. The lowest BCUT2D eigenvalue weighted by molar-refractivity contribution is 0.0983. The van der Waals surface area contributed by atoms with Crippen LogP contribution in [0.15, 0.2) is 76.7 Å². The number of nitrogens with zero attached hydrogens (tertiary/aromatic N) is 2. The molecule has 0 bridgehead atoms. The molecule has 7 heteroatoms. The molecule has 0 saturated carbocycles. The molecule has 6 nitrogen and oxygen atoms in total. The number of furan rings is 1. The lowest BCUT2D eigenvalue weighted by Gasteiger charge is -2.19. The van der Waals surface area contributed by atoms with E-state index in [1.54, 1.807) is 55.7 Å². The Balaban J connectivity index is 1.65. The van der Waals surface area contributed by atoms with Crippen LogP contribution >= 0.6 is 11.3 Å². The molecular formula is C23H20N2O4S. The van der Waals surface area contributed by atoms with Gasteiger partial charge in [0.25, 0.3) is 5.91 Å². The van der Waals surface area contributed by atoms with Crippen molar-refractivity contribution in [2.24, 2.45) is 0 Å². The van der Waals surface area contributed by atoms with E-state index in [4.69, 9.17) is 18.9 Å². The van der Waals surface area contributed by atoms with Crippen molar-refractivity contribution in [3.05, 3.63) is 83.6 Å². The van der Waals surface area contributed by atoms with Crippen molar-refractivity contribution in [2.75, 3.05) is 19.1 Å². The van der Waals surface area contributed by atoms with Gasteiger partial charge in [-0.1, -0.05) is 0 Å². The van der Waals surface area contributed by atoms with Gasteiger partial charge in [0, 0.05) is 16.5 Å². The molecule has 0 fully saturated rings. The second-order valence-electron chi connectivity index (χ2n) is 6.44. The monoisotopic (exact) mass is 420 g/mol. The highest BCUT2D eigenvalue weighted by Crippen LogP contribution is 2.30. The molecule has 2 heterocycles. The molecule has 0 spiro atoms. The SMILES string of the molecule is COc1ccc(C(=O)N(Cc2ccco2)c2nc(-c3ccc(OC)cc3)cs2)cc1. The van der Waals surface area contributed by atoms with E-state index in [0.29, 0.717) is 22.2 Å². The summed E-state index contributed by atoms with van der Waals surface area (Å²) < 4.78 is 15.9. The van der Waals surface area contributed by atoms with Crippen molar-refractivity contribution in [2.45, 2.75) is 6.54 Å². The quantitative estimate of drug-likeness (QED) is 0.408. The van der Waals surface area contributed by atoms with Crippen molar-refractivity contribution in [3.63, 3.8) is 0 Å². The van der Waals surface area contributed by atoms with Gasteiger partial charge >= 0.3 is 0 Å². The fourth-order valence-corrected chi connectivity index (χ4v) is 3.79. The van der Waals surface area contributed by atoms with Crippen molar-refractivity contribution >= 4 is 22.4 Å². The number of carbonyl (C=O) groups is 1. The highest BCUT2D eigenvalue weighted by Gasteiger charge is 2.22. The van der Waals surface area contributed by atoms with Crippen LogP contribution in [0, 0.1) is 0 Å². The largest absolute Gasteiger partial charge is 0.497 e. The van der Waals surface area contributed by atoms with Gasteiger partial charge in [-0.25, -0.2) is 4.98 Å². The summed E-state index contributed by atoms with van der Waals surface area (Å²) in [6.07, 6.45) is 1.59. The van der Waals surface area contributed by atoms with Gasteiger partial charge in [-0.2, -0.15) is 0 Å². The first-order chi connectivity index (χ1) is 14.7. The lowest BCUT2D eigenvalue weighted by atomic mass is 10.2. The summed E-state index contributed by atoms with van der Waals surface area (Å²) in [5.41, 5.74) is 2.29. The number of benzene rings is 2. The van der Waals surface area contributed by atoms with Gasteiger partial charge in [-0.05, 0) is 60.7 Å². The molecule has 0 saturated heterocycles. The number of hydrogen-bond donors (Lipinski definition) is 0. The van der Waals surface area contributed by atoms with Crippen molar-refractivity contribution in [1.29, 1.82) is 0 Å². The lowest BCUT2D eigenvalue weighted by Crippen LogP contribution is -2.30. The van der Waals surface area contributed by atoms with Crippen LogP contribution in [-0.4, -0.2) is 25.1 Å². The van der Waals surface area contributed by atoms with Crippen LogP contribution in [0.1, 0.15) is 16.1 Å². The van der Waals surface area contributed by atoms with Crippen LogP contribution in [0.2, 0.25) is 0 Å². The molecule has 0 N–H and O–H groups in total. The number of anilines is 1. The van der Waals surface area contributed by atoms with Crippen LogP contribution in [0.4, 0.5) is 5.13 Å². The standard InChI is InChI=1S/C23H20N2O4S/c1-27-18-9-5-16(6-10-18)21-15-30-23(24-21)25(14-20-4-3-13-29-20)22(26)17-7-11-19(28-2)12-8-17/h3-13,15H,14H2,1-2H3. The third kappa shape index (κ3) is 4.21. The first kappa shape index (κ1) is 19.7. The number of rotatable bonds is 7. The average molecular weight is 420 g/mol. The van der Waals surface area contributed by atoms with Crippen LogP contribution in [0.3, 0.4) is 0 Å². The van der Waals surface area contributed by atoms with Gasteiger partial charge in [0.1, 0.15) is 17.3 Å². The van der Waals surface area contributed by atoms with Gasteiger partial charge in [-0.3, -0.25) is 9.69 Å². The number of ether oxygens (including phenoxy) is 2. The molecule has 0 atom stereocenters. The molecule has 4 aromatic rings. The molecule has 0 radical (unpaired) electrons. The zero-order chi connectivity index (χ0) is 20.9. The van der Waals surface area contributed by atoms with E-state index in [1.165, 1.54) is 11.3 Å². The predicted octanol–water partition coefficient (Wildman–Crippen LogP) is 5.27. The number of methoxy groups -OCH3 is 2. The second kappa shape index (κ2) is 8.84. The molecule has 0 aliphatic carbocycles. The van der Waals surface area contributed by atoms with Crippen molar-refractivity contribution in [3.8, 4) is 22.8 Å². The highest BCUT2D eigenvalue weighted by atomic mass is 32.1. The second-order valence-corrected chi connectivity index (χ2v) is 7.28. The first-order valence-electron chi connectivity index (χ1n) is 9.26. The van der Waals surface area contributed by atoms with E-state index < -0.39 is 0 Å². The number of amides is 1. The third-order valence-electron chi connectivity index (χ3n) is 4.58. The van der Waals surface area contributed by atoms with E-state index in [9.17, 15) is 4.79 Å². The zero-order valence-electron chi connectivity index (χ0n) is 16.6. The zero-order valence-corrected chi connectivity index (χ0v) is 17.4. The molecule has 0 aliphatic rings. The third-order valence-corrected chi connectivity index (χ3v) is 5.45. The van der Waals surface area contributed by atoms with E-state index in [1.807, 2.05) is 35.7 Å². The fourth-order valence-electron chi connectivity index (χ4n) is 2.96. The molecule has 2 aromatic carbocycles. The maximum atomic E-state index is 13.3. The maximum Gasteiger partial charge on any atom is 0.260 e. The molecule has 2 aromatic heterocycles. The number of aromatic nitrogens is 1. The molecule has 4 rings (SSSR count). The van der Waals surface area contributed by atoms with Gasteiger partial charge in [-0.15, -0.1) is 11.3 Å². The van der Waals surface area contributed by atoms with Crippen LogP contribution in [-0.2, 0) is 6.54 Å². The first-order valence-corrected chi connectivity index (χ1v) is 10.1. The van der Waals surface area contributed by atoms with E-state index in [2.05, 4.69) is 0 Å². The Morgan fingerprint density at radius 2 is 1.67 bits per heavy atom. The maximum absolute atomic E-state index is 13.3. The Bertz CT molecular complexity index is 1100. The molecular weight excluding hydrogens is 400 g/mol. The Morgan fingerprint density at radius 3 is 2.27 bits per heavy atom. The number of carbonyl (C=O) groups excluding carboxylic acids is 1. The molecule has 152 valence electrons. The Hall–Kier alpha value is -3.58. The number of thiazole rings is 1. The fraction of sp³-hybridized carbons (Fsp3) is 0.130. The summed E-state index contributed by atoms with van der Waals surface area (Å²) in [6.45, 7) is 0.285. The van der Waals surface area contributed by atoms with Gasteiger partial charge in [0.2, 0.25) is 0 Å². The average Bonchev–Trinajstić information content (AvgIpc) is 3.49. The Morgan fingerprint density at radius 1 is 1.00 bits per heavy atom. The van der Waals surface area contributed by atoms with Gasteiger partial charge < -0.3 is 13.9 Å². The predicted molar refractivity (Wildman–Crippen MR) is 116 cm³/mol. The number of hydrogen-bond acceptors (Lipinski definition) is 6. The summed E-state index contributed by atoms with van der Waals surface area (Å²) in [6, 6.07) is 18.3. The van der Waals surface area contributed by atoms with Crippen LogP contribution in [0.5, 0.6) is 11.5 Å². The minimum atomic E-state index is -0.162. The Kier molecular flexibility index (Phi) is 5.81. The van der Waals surface area contributed by atoms with E-state index in [0.717, 1.165) is 17.0 Å². The van der Waals surface area contributed by atoms with Crippen LogP contribution in [0.25, 0.3) is 11.3 Å². The Labute approximate surface area is 178 Å². The molecule has 0 unspecified atom stereocenters. The summed E-state index contributed by atoms with van der Waals surface area (Å²) in [5, 5.41) is 2.53. The smallest absolute Gasteiger partial charge is 0.260 e. The van der Waals surface area contributed by atoms with Crippen molar-refractivity contribution in [1.82, 2.24) is 4.98 Å². The van der Waals surface area contributed by atoms with Gasteiger partial charge in [0.05, 0.1) is 32.7 Å². The van der Waals surface area contributed by atoms with E-state index >= 15 is 0 Å². The molecule has 0 aliphatic heterocycles. The topological polar surface area (TPSA) is 64.8 Å². The van der Waals surface area contributed by atoms with Crippen LogP contribution < -0.4 is 14.4 Å². The summed E-state index contributed by atoms with van der Waals surface area (Å²) in [7, 11) is 3.23. The summed E-state index contributed by atoms with van der Waals surface area (Å²) >= 11 is 1.41.